The molecule has 112 valence electrons. The molecule has 1 aromatic heterocycles. The monoisotopic (exact) mass is 306 g/mol. The number of H-pyrrole nitrogens is 1. The molecule has 1 amide bonds. The molecule has 0 spiro atoms. The van der Waals surface area contributed by atoms with E-state index in [1.165, 1.54) is 0 Å². The van der Waals surface area contributed by atoms with Crippen LogP contribution in [-0.2, 0) is 4.79 Å². The Balaban J connectivity index is 0.00000161. The van der Waals surface area contributed by atoms with Crippen LogP contribution in [0.5, 0.6) is 0 Å². The van der Waals surface area contributed by atoms with Gasteiger partial charge in [-0.1, -0.05) is 18.6 Å². The molecule has 0 radical (unpaired) electrons. The number of anilines is 1. The van der Waals surface area contributed by atoms with E-state index < -0.39 is 0 Å². The van der Waals surface area contributed by atoms with Crippen molar-refractivity contribution in [3.63, 3.8) is 0 Å². The van der Waals surface area contributed by atoms with Crippen molar-refractivity contribution in [1.82, 2.24) is 15.5 Å². The number of piperidine rings is 1. The molecule has 5 nitrogen and oxygen atoms in total. The molecule has 1 aliphatic heterocycles. The first-order valence-corrected chi connectivity index (χ1v) is 6.97. The Hall–Kier alpha value is -1.85. The summed E-state index contributed by atoms with van der Waals surface area (Å²) in [5.74, 6) is 0.0476. The van der Waals surface area contributed by atoms with Gasteiger partial charge in [-0.15, -0.1) is 12.4 Å². The SMILES string of the molecule is Cl.O=C(Nc1cccc(-c2ccn[nH]2)c1)[C@H]1CCCCN1. The van der Waals surface area contributed by atoms with Crippen molar-refractivity contribution in [2.24, 2.45) is 0 Å². The van der Waals surface area contributed by atoms with Crippen molar-refractivity contribution in [2.45, 2.75) is 25.3 Å². The third kappa shape index (κ3) is 3.83. The van der Waals surface area contributed by atoms with Gasteiger partial charge < -0.3 is 10.6 Å². The topological polar surface area (TPSA) is 69.8 Å². The Kier molecular flexibility index (Phi) is 5.36. The lowest BCUT2D eigenvalue weighted by molar-refractivity contribution is -0.118. The molecule has 1 aliphatic rings. The van der Waals surface area contributed by atoms with Crippen LogP contribution in [0.15, 0.2) is 36.5 Å². The first-order chi connectivity index (χ1) is 9.83. The fraction of sp³-hybridized carbons (Fsp3) is 0.333. The third-order valence-electron chi connectivity index (χ3n) is 3.57. The van der Waals surface area contributed by atoms with E-state index in [4.69, 9.17) is 0 Å². The minimum Gasteiger partial charge on any atom is -0.325 e. The van der Waals surface area contributed by atoms with Gasteiger partial charge in [-0.05, 0) is 37.6 Å². The Morgan fingerprint density at radius 3 is 2.90 bits per heavy atom. The molecule has 0 aliphatic carbocycles. The molecule has 0 unspecified atom stereocenters. The summed E-state index contributed by atoms with van der Waals surface area (Å²) in [4.78, 5) is 12.2. The molecule has 0 saturated carbocycles. The Labute approximate surface area is 129 Å². The van der Waals surface area contributed by atoms with Gasteiger partial charge in [-0.3, -0.25) is 9.89 Å². The summed E-state index contributed by atoms with van der Waals surface area (Å²) >= 11 is 0. The Morgan fingerprint density at radius 2 is 2.19 bits per heavy atom. The van der Waals surface area contributed by atoms with Crippen molar-refractivity contribution in [2.75, 3.05) is 11.9 Å². The highest BCUT2D eigenvalue weighted by Crippen LogP contribution is 2.20. The quantitative estimate of drug-likeness (QED) is 0.816. The maximum atomic E-state index is 12.2. The minimum atomic E-state index is -0.0699. The summed E-state index contributed by atoms with van der Waals surface area (Å²) in [6, 6.07) is 9.61. The summed E-state index contributed by atoms with van der Waals surface area (Å²) in [5.41, 5.74) is 2.77. The number of benzene rings is 1. The van der Waals surface area contributed by atoms with Crippen LogP contribution in [0.25, 0.3) is 11.3 Å². The maximum Gasteiger partial charge on any atom is 0.241 e. The Bertz CT molecular complexity index is 579. The summed E-state index contributed by atoms with van der Waals surface area (Å²) < 4.78 is 0. The number of nitrogens with zero attached hydrogens (tertiary/aromatic N) is 1. The van der Waals surface area contributed by atoms with Crippen molar-refractivity contribution in [3.8, 4) is 11.3 Å². The fourth-order valence-corrected chi connectivity index (χ4v) is 2.49. The molecular weight excluding hydrogens is 288 g/mol. The molecule has 2 heterocycles. The number of rotatable bonds is 3. The van der Waals surface area contributed by atoms with Crippen LogP contribution < -0.4 is 10.6 Å². The first-order valence-electron chi connectivity index (χ1n) is 6.97. The zero-order valence-electron chi connectivity index (χ0n) is 11.6. The van der Waals surface area contributed by atoms with Crippen molar-refractivity contribution in [3.05, 3.63) is 36.5 Å². The van der Waals surface area contributed by atoms with Gasteiger partial charge in [-0.2, -0.15) is 5.10 Å². The van der Waals surface area contributed by atoms with Gasteiger partial charge in [0.15, 0.2) is 0 Å². The normalized spacial score (nSPS) is 17.8. The number of carbonyl (C=O) groups is 1. The highest BCUT2D eigenvalue weighted by Gasteiger charge is 2.20. The first kappa shape index (κ1) is 15.5. The second kappa shape index (κ2) is 7.24. The van der Waals surface area contributed by atoms with Gasteiger partial charge in [0, 0.05) is 17.4 Å². The van der Waals surface area contributed by atoms with Crippen LogP contribution in [-0.4, -0.2) is 28.7 Å². The van der Waals surface area contributed by atoms with Gasteiger partial charge >= 0.3 is 0 Å². The van der Waals surface area contributed by atoms with Crippen LogP contribution >= 0.6 is 12.4 Å². The summed E-state index contributed by atoms with van der Waals surface area (Å²) in [6.07, 6.45) is 4.89. The predicted molar refractivity (Wildman–Crippen MR) is 85.5 cm³/mol. The number of amides is 1. The molecule has 3 N–H and O–H groups in total. The van der Waals surface area contributed by atoms with E-state index in [-0.39, 0.29) is 24.4 Å². The highest BCUT2D eigenvalue weighted by molar-refractivity contribution is 5.95. The van der Waals surface area contributed by atoms with Crippen LogP contribution in [0.2, 0.25) is 0 Å². The lowest BCUT2D eigenvalue weighted by atomic mass is 10.0. The second-order valence-corrected chi connectivity index (χ2v) is 5.04. The highest BCUT2D eigenvalue weighted by atomic mass is 35.5. The molecule has 0 bridgehead atoms. The van der Waals surface area contributed by atoms with E-state index in [9.17, 15) is 4.79 Å². The van der Waals surface area contributed by atoms with E-state index >= 15 is 0 Å². The largest absolute Gasteiger partial charge is 0.325 e. The molecule has 21 heavy (non-hydrogen) atoms. The van der Waals surface area contributed by atoms with Crippen LogP contribution in [0, 0.1) is 0 Å². The van der Waals surface area contributed by atoms with E-state index in [1.54, 1.807) is 6.20 Å². The average molecular weight is 307 g/mol. The molecular formula is C15H19ClN4O. The van der Waals surface area contributed by atoms with Crippen molar-refractivity contribution < 1.29 is 4.79 Å². The van der Waals surface area contributed by atoms with E-state index in [0.717, 1.165) is 42.8 Å². The minimum absolute atomic E-state index is 0. The number of hydrogen-bond donors (Lipinski definition) is 3. The number of aromatic nitrogens is 2. The number of nitrogens with one attached hydrogen (secondary N) is 3. The lowest BCUT2D eigenvalue weighted by Gasteiger charge is -2.22. The molecule has 2 aromatic rings. The Morgan fingerprint density at radius 1 is 1.29 bits per heavy atom. The molecule has 1 aromatic carbocycles. The summed E-state index contributed by atoms with van der Waals surface area (Å²) in [6.45, 7) is 0.923. The smallest absolute Gasteiger partial charge is 0.241 e. The summed E-state index contributed by atoms with van der Waals surface area (Å²) in [5, 5.41) is 13.1. The van der Waals surface area contributed by atoms with Gasteiger partial charge in [0.05, 0.1) is 11.7 Å². The van der Waals surface area contributed by atoms with Crippen molar-refractivity contribution >= 4 is 24.0 Å². The maximum absolute atomic E-state index is 12.2. The van der Waals surface area contributed by atoms with E-state index in [1.807, 2.05) is 30.3 Å². The molecule has 1 atom stereocenters. The molecule has 6 heteroatoms. The van der Waals surface area contributed by atoms with Gasteiger partial charge in [0.25, 0.3) is 0 Å². The summed E-state index contributed by atoms with van der Waals surface area (Å²) in [7, 11) is 0. The van der Waals surface area contributed by atoms with Gasteiger partial charge in [0.2, 0.25) is 5.91 Å². The number of carbonyl (C=O) groups excluding carboxylic acids is 1. The number of halogens is 1. The van der Waals surface area contributed by atoms with Gasteiger partial charge in [-0.25, -0.2) is 0 Å². The van der Waals surface area contributed by atoms with Crippen LogP contribution in [0.1, 0.15) is 19.3 Å². The van der Waals surface area contributed by atoms with Crippen molar-refractivity contribution in [1.29, 1.82) is 0 Å². The van der Waals surface area contributed by atoms with Crippen LogP contribution in [0.3, 0.4) is 0 Å². The zero-order chi connectivity index (χ0) is 13.8. The van der Waals surface area contributed by atoms with E-state index in [0.29, 0.717) is 0 Å². The standard InChI is InChI=1S/C15H18N4O.ClH/c20-15(14-6-1-2-8-16-14)18-12-5-3-4-11(10-12)13-7-9-17-19-13;/h3-5,7,9-10,14,16H,1-2,6,8H2,(H,17,19)(H,18,20);1H/t14-;/m1./s1. The number of aromatic amines is 1. The molecule has 1 fully saturated rings. The number of hydrogen-bond acceptors (Lipinski definition) is 3. The fourth-order valence-electron chi connectivity index (χ4n) is 2.49. The second-order valence-electron chi connectivity index (χ2n) is 5.04. The molecule has 1 saturated heterocycles. The van der Waals surface area contributed by atoms with Gasteiger partial charge in [0.1, 0.15) is 0 Å². The molecule has 3 rings (SSSR count). The van der Waals surface area contributed by atoms with Crippen LogP contribution in [0.4, 0.5) is 5.69 Å². The third-order valence-corrected chi connectivity index (χ3v) is 3.57. The average Bonchev–Trinajstić information content (AvgIpc) is 3.03. The predicted octanol–water partition coefficient (Wildman–Crippen LogP) is 2.58. The lowest BCUT2D eigenvalue weighted by Crippen LogP contribution is -2.43. The zero-order valence-corrected chi connectivity index (χ0v) is 12.5. The van der Waals surface area contributed by atoms with E-state index in [2.05, 4.69) is 20.8 Å².